The van der Waals surface area contributed by atoms with Gasteiger partial charge in [-0.1, -0.05) is 13.8 Å². The fourth-order valence-electron chi connectivity index (χ4n) is 1.76. The lowest BCUT2D eigenvalue weighted by Crippen LogP contribution is -2.42. The molecule has 0 saturated heterocycles. The smallest absolute Gasteiger partial charge is 0.248 e. The lowest BCUT2D eigenvalue weighted by molar-refractivity contribution is -0.121. The van der Waals surface area contributed by atoms with Gasteiger partial charge in [0, 0.05) is 31.5 Å². The minimum absolute atomic E-state index is 0.177. The minimum Gasteiger partial charge on any atom is -0.366 e. The van der Waals surface area contributed by atoms with Crippen LogP contribution in [0, 0.1) is 0 Å². The van der Waals surface area contributed by atoms with Crippen LogP contribution >= 0.6 is 0 Å². The number of carbonyl (C=O) groups is 1. The lowest BCUT2D eigenvalue weighted by Gasteiger charge is -2.20. The molecule has 8 heteroatoms. The Morgan fingerprint density at radius 3 is 2.62 bits per heavy atom. The maximum absolute atomic E-state index is 12.5. The molecule has 2 N–H and O–H groups in total. The summed E-state index contributed by atoms with van der Waals surface area (Å²) in [6.07, 6.45) is 3.82. The number of pyridine rings is 1. The number of aromatic amines is 1. The number of rotatable bonds is 8. The zero-order valence-corrected chi connectivity index (χ0v) is 13.1. The predicted molar refractivity (Wildman–Crippen MR) is 79.4 cm³/mol. The number of H-pyrrole nitrogens is 1. The Hall–Kier alpha value is -1.67. The minimum atomic E-state index is -3.99. The Bertz CT molecular complexity index is 624. The van der Waals surface area contributed by atoms with Crippen LogP contribution in [-0.2, 0) is 14.8 Å². The second-order valence-corrected chi connectivity index (χ2v) is 6.47. The van der Waals surface area contributed by atoms with Crippen molar-refractivity contribution in [1.29, 1.82) is 0 Å². The molecule has 1 heterocycles. The molecule has 0 unspecified atom stereocenters. The van der Waals surface area contributed by atoms with Gasteiger partial charge in [0.1, 0.15) is 4.90 Å². The summed E-state index contributed by atoms with van der Waals surface area (Å²) in [6.45, 7) is 4.09. The van der Waals surface area contributed by atoms with E-state index in [9.17, 15) is 18.0 Å². The monoisotopic (exact) mass is 315 g/mol. The predicted octanol–water partition coefficient (Wildman–Crippen LogP) is 0.302. The van der Waals surface area contributed by atoms with Gasteiger partial charge in [-0.3, -0.25) is 9.59 Å². The molecule has 1 rings (SSSR count). The van der Waals surface area contributed by atoms with Crippen LogP contribution in [-0.4, -0.2) is 43.2 Å². The van der Waals surface area contributed by atoms with Gasteiger partial charge in [0.05, 0.1) is 6.54 Å². The molecule has 0 bridgehead atoms. The molecule has 0 radical (unpaired) electrons. The van der Waals surface area contributed by atoms with Crippen LogP contribution in [0.2, 0.25) is 0 Å². The zero-order chi connectivity index (χ0) is 15.9. The molecule has 0 atom stereocenters. The number of amides is 1. The third kappa shape index (κ3) is 4.68. The Kier molecular flexibility index (Phi) is 6.57. The second kappa shape index (κ2) is 7.94. The number of hydrogen-bond acceptors (Lipinski definition) is 4. The van der Waals surface area contributed by atoms with Crippen molar-refractivity contribution in [3.05, 3.63) is 28.7 Å². The Balaban J connectivity index is 3.01. The van der Waals surface area contributed by atoms with Gasteiger partial charge in [0.25, 0.3) is 0 Å². The maximum Gasteiger partial charge on any atom is 0.248 e. The molecule has 0 saturated carbocycles. The van der Waals surface area contributed by atoms with E-state index in [0.717, 1.165) is 23.0 Å². The summed E-state index contributed by atoms with van der Waals surface area (Å²) in [5.41, 5.74) is -0.594. The van der Waals surface area contributed by atoms with E-state index in [2.05, 4.69) is 10.3 Å². The van der Waals surface area contributed by atoms with Gasteiger partial charge < -0.3 is 10.3 Å². The normalized spacial score (nSPS) is 11.6. The number of hydrogen-bond donors (Lipinski definition) is 2. The first kappa shape index (κ1) is 17.4. The summed E-state index contributed by atoms with van der Waals surface area (Å²) < 4.78 is 26.0. The summed E-state index contributed by atoms with van der Waals surface area (Å²) in [4.78, 5) is 25.7. The van der Waals surface area contributed by atoms with Gasteiger partial charge in [-0.2, -0.15) is 4.31 Å². The largest absolute Gasteiger partial charge is 0.366 e. The van der Waals surface area contributed by atoms with Crippen LogP contribution in [0.3, 0.4) is 0 Å². The van der Waals surface area contributed by atoms with Crippen molar-refractivity contribution in [1.82, 2.24) is 14.6 Å². The van der Waals surface area contributed by atoms with E-state index < -0.39 is 15.5 Å². The van der Waals surface area contributed by atoms with Gasteiger partial charge in [-0.15, -0.1) is 0 Å². The SMILES string of the molecule is CCCNC(=O)CN(CCC)S(=O)(=O)c1c[nH]ccc1=O. The standard InChI is InChI=1S/C13H21N3O4S/c1-3-6-15-13(18)10-16(8-4-2)21(19,20)12-9-14-7-5-11(12)17/h5,7,9H,3-4,6,8,10H2,1-2H3,(H,14,17)(H,15,18). The van der Waals surface area contributed by atoms with E-state index in [1.54, 1.807) is 0 Å². The van der Waals surface area contributed by atoms with Crippen molar-refractivity contribution in [2.24, 2.45) is 0 Å². The van der Waals surface area contributed by atoms with E-state index >= 15 is 0 Å². The Morgan fingerprint density at radius 1 is 1.33 bits per heavy atom. The van der Waals surface area contributed by atoms with Gasteiger partial charge in [-0.25, -0.2) is 8.42 Å². The number of carbonyl (C=O) groups excluding carboxylic acids is 1. The van der Waals surface area contributed by atoms with E-state index in [4.69, 9.17) is 0 Å². The topological polar surface area (TPSA) is 99.3 Å². The number of nitrogens with one attached hydrogen (secondary N) is 2. The van der Waals surface area contributed by atoms with Crippen LogP contribution in [0.25, 0.3) is 0 Å². The third-order valence-corrected chi connectivity index (χ3v) is 4.64. The van der Waals surface area contributed by atoms with Gasteiger partial charge in [0.15, 0.2) is 0 Å². The highest BCUT2D eigenvalue weighted by Gasteiger charge is 2.27. The first-order valence-electron chi connectivity index (χ1n) is 6.87. The lowest BCUT2D eigenvalue weighted by atomic mass is 10.4. The first-order valence-corrected chi connectivity index (χ1v) is 8.31. The molecule has 0 spiro atoms. The highest BCUT2D eigenvalue weighted by molar-refractivity contribution is 7.89. The molecule has 0 aliphatic rings. The van der Waals surface area contributed by atoms with E-state index in [1.165, 1.54) is 6.20 Å². The summed E-state index contributed by atoms with van der Waals surface area (Å²) in [5.74, 6) is -0.374. The quantitative estimate of drug-likeness (QED) is 0.721. The molecule has 7 nitrogen and oxygen atoms in total. The molecular weight excluding hydrogens is 294 g/mol. The summed E-state index contributed by atoms with van der Waals surface area (Å²) in [5, 5.41) is 2.63. The van der Waals surface area contributed by atoms with Crippen molar-refractivity contribution >= 4 is 15.9 Å². The molecule has 21 heavy (non-hydrogen) atoms. The highest BCUT2D eigenvalue weighted by Crippen LogP contribution is 2.11. The summed E-state index contributed by atoms with van der Waals surface area (Å²) >= 11 is 0. The second-order valence-electron chi connectivity index (χ2n) is 4.56. The molecule has 0 aliphatic heterocycles. The van der Waals surface area contributed by atoms with Crippen LogP contribution in [0.15, 0.2) is 28.2 Å². The van der Waals surface area contributed by atoms with Crippen LogP contribution < -0.4 is 10.7 Å². The van der Waals surface area contributed by atoms with Gasteiger partial charge in [-0.05, 0) is 12.8 Å². The maximum atomic E-state index is 12.5. The van der Waals surface area contributed by atoms with E-state index in [0.29, 0.717) is 13.0 Å². The molecule has 118 valence electrons. The molecule has 0 aromatic carbocycles. The average molecular weight is 315 g/mol. The number of nitrogens with zero attached hydrogens (tertiary/aromatic N) is 1. The number of sulfonamides is 1. The highest BCUT2D eigenvalue weighted by atomic mass is 32.2. The summed E-state index contributed by atoms with van der Waals surface area (Å²) in [6, 6.07) is 1.15. The molecule has 1 amide bonds. The van der Waals surface area contributed by atoms with Gasteiger partial charge in [0.2, 0.25) is 21.4 Å². The Morgan fingerprint density at radius 2 is 2.05 bits per heavy atom. The fourth-order valence-corrected chi connectivity index (χ4v) is 3.28. The van der Waals surface area contributed by atoms with Crippen LogP contribution in [0.4, 0.5) is 0 Å². The Labute approximate surface area is 124 Å². The van der Waals surface area contributed by atoms with E-state index in [-0.39, 0.29) is 23.9 Å². The molecular formula is C13H21N3O4S. The molecule has 1 aromatic rings. The van der Waals surface area contributed by atoms with Crippen LogP contribution in [0.1, 0.15) is 26.7 Å². The average Bonchev–Trinajstić information content (AvgIpc) is 2.45. The first-order chi connectivity index (χ1) is 9.93. The van der Waals surface area contributed by atoms with Crippen LogP contribution in [0.5, 0.6) is 0 Å². The molecule has 1 aromatic heterocycles. The fraction of sp³-hybridized carbons (Fsp3) is 0.538. The zero-order valence-electron chi connectivity index (χ0n) is 12.3. The van der Waals surface area contributed by atoms with Crippen molar-refractivity contribution < 1.29 is 13.2 Å². The van der Waals surface area contributed by atoms with Crippen molar-refractivity contribution in [2.45, 2.75) is 31.6 Å². The van der Waals surface area contributed by atoms with Crippen molar-refractivity contribution in [2.75, 3.05) is 19.6 Å². The number of aromatic nitrogens is 1. The third-order valence-electron chi connectivity index (χ3n) is 2.77. The summed E-state index contributed by atoms with van der Waals surface area (Å²) in [7, 11) is -3.99. The molecule has 0 aliphatic carbocycles. The van der Waals surface area contributed by atoms with E-state index in [1.807, 2.05) is 13.8 Å². The van der Waals surface area contributed by atoms with Crippen molar-refractivity contribution in [3.8, 4) is 0 Å². The van der Waals surface area contributed by atoms with Crippen molar-refractivity contribution in [3.63, 3.8) is 0 Å². The molecule has 0 fully saturated rings. The van der Waals surface area contributed by atoms with Gasteiger partial charge >= 0.3 is 0 Å².